The molecule has 0 aliphatic heterocycles. The summed E-state index contributed by atoms with van der Waals surface area (Å²) < 4.78 is 3.44. The Hall–Kier alpha value is -3.62. The van der Waals surface area contributed by atoms with Crippen molar-refractivity contribution in [3.63, 3.8) is 0 Å². The Labute approximate surface area is 209 Å². The third-order valence-electron chi connectivity index (χ3n) is 5.24. The summed E-state index contributed by atoms with van der Waals surface area (Å²) in [5.74, 6) is -0.614. The summed E-state index contributed by atoms with van der Waals surface area (Å²) in [6.45, 7) is 6.33. The van der Waals surface area contributed by atoms with Crippen LogP contribution in [0, 0.1) is 0 Å². The third kappa shape index (κ3) is 6.49. The van der Waals surface area contributed by atoms with Crippen LogP contribution in [0.3, 0.4) is 0 Å². The fraction of sp³-hybridized carbons (Fsp3) is 0.222. The number of anilines is 1. The predicted molar refractivity (Wildman–Crippen MR) is 141 cm³/mol. The Morgan fingerprint density at radius 1 is 0.971 bits per heavy atom. The van der Waals surface area contributed by atoms with Crippen molar-refractivity contribution in [1.29, 1.82) is 0 Å². The molecule has 8 heteroatoms. The molecular weight excluding hydrogens is 458 g/mol. The maximum atomic E-state index is 13.4. The molecule has 0 bridgehead atoms. The van der Waals surface area contributed by atoms with Gasteiger partial charge in [-0.05, 0) is 62.4 Å². The smallest absolute Gasteiger partial charge is 0.251 e. The van der Waals surface area contributed by atoms with Gasteiger partial charge >= 0.3 is 0 Å². The number of fused-ring (bicyclic) bond motifs is 1. The highest BCUT2D eigenvalue weighted by atomic mass is 32.2. The lowest BCUT2D eigenvalue weighted by atomic mass is 10.1. The zero-order chi connectivity index (χ0) is 24.8. The minimum Gasteiger partial charge on any atom is -0.348 e. The van der Waals surface area contributed by atoms with Gasteiger partial charge in [-0.3, -0.25) is 14.3 Å². The fourth-order valence-corrected chi connectivity index (χ4v) is 4.41. The minimum absolute atomic E-state index is 0.0461. The first-order valence-electron chi connectivity index (χ1n) is 11.4. The van der Waals surface area contributed by atoms with Crippen LogP contribution in [0.1, 0.15) is 36.8 Å². The molecule has 4 N–H and O–H groups in total. The Kier molecular flexibility index (Phi) is 7.53. The van der Waals surface area contributed by atoms with Gasteiger partial charge in [0.15, 0.2) is 0 Å². The topological polar surface area (TPSA) is 98.9 Å². The van der Waals surface area contributed by atoms with Crippen LogP contribution in [0.25, 0.3) is 10.8 Å². The molecule has 0 fully saturated rings. The molecule has 2 amide bonds. The van der Waals surface area contributed by atoms with E-state index in [0.717, 1.165) is 21.4 Å². The van der Waals surface area contributed by atoms with Crippen LogP contribution in [-0.4, -0.2) is 33.4 Å². The van der Waals surface area contributed by atoms with Crippen molar-refractivity contribution in [2.45, 2.75) is 43.7 Å². The summed E-state index contributed by atoms with van der Waals surface area (Å²) in [5, 5.41) is 7.87. The number of aromatic amines is 1. The number of H-pyrrole nitrogens is 1. The van der Waals surface area contributed by atoms with Gasteiger partial charge in [0.25, 0.3) is 5.91 Å². The van der Waals surface area contributed by atoms with Crippen LogP contribution in [-0.2, 0) is 11.2 Å². The van der Waals surface area contributed by atoms with E-state index >= 15 is 0 Å². The summed E-state index contributed by atoms with van der Waals surface area (Å²) >= 11 is 1.57. The predicted octanol–water partition coefficient (Wildman–Crippen LogP) is 4.94. The molecule has 0 aliphatic carbocycles. The van der Waals surface area contributed by atoms with E-state index in [-0.39, 0.29) is 23.8 Å². The Bertz CT molecular complexity index is 1300. The first-order valence-corrected chi connectivity index (χ1v) is 12.2. The summed E-state index contributed by atoms with van der Waals surface area (Å²) in [6, 6.07) is 19.9. The van der Waals surface area contributed by atoms with Crippen molar-refractivity contribution in [1.82, 2.24) is 20.0 Å². The van der Waals surface area contributed by atoms with Crippen LogP contribution >= 0.6 is 11.9 Å². The van der Waals surface area contributed by atoms with Gasteiger partial charge in [0.1, 0.15) is 6.04 Å². The molecule has 3 aromatic carbocycles. The van der Waals surface area contributed by atoms with Crippen molar-refractivity contribution >= 4 is 40.2 Å². The van der Waals surface area contributed by atoms with Gasteiger partial charge in [0.2, 0.25) is 5.91 Å². The van der Waals surface area contributed by atoms with Gasteiger partial charge < -0.3 is 15.6 Å². The van der Waals surface area contributed by atoms with Crippen molar-refractivity contribution in [2.24, 2.45) is 0 Å². The van der Waals surface area contributed by atoms with Gasteiger partial charge in [-0.2, -0.15) is 0 Å². The minimum atomic E-state index is -0.793. The molecule has 1 heterocycles. The van der Waals surface area contributed by atoms with Gasteiger partial charge in [0, 0.05) is 45.4 Å². The molecule has 0 spiro atoms. The standard InChI is InChI=1S/C27H29N5O2S/c1-27(2,3)32-35-24-14-8-11-20-21(24)12-7-13-22(20)30-26(34)23(15-19-16-28-17-29-19)31-25(33)18-9-5-4-6-10-18/h4-14,16-17,23,32H,15H2,1-3H3,(H,28,29)(H,30,34)(H,31,33)/t23-/m0/s1. The Morgan fingerprint density at radius 3 is 2.43 bits per heavy atom. The number of carbonyl (C=O) groups excluding carboxylic acids is 2. The molecular formula is C27H29N5O2S. The van der Waals surface area contributed by atoms with Crippen LogP contribution in [0.15, 0.2) is 84.1 Å². The highest BCUT2D eigenvalue weighted by Crippen LogP contribution is 2.32. The Balaban J connectivity index is 1.58. The molecule has 0 radical (unpaired) electrons. The lowest BCUT2D eigenvalue weighted by Gasteiger charge is -2.21. The summed E-state index contributed by atoms with van der Waals surface area (Å²) in [6.07, 6.45) is 3.49. The SMILES string of the molecule is CC(C)(C)NSc1cccc2c(NC(=O)[C@H](Cc3cnc[nH]3)NC(=O)c3ccccc3)cccc12. The van der Waals surface area contributed by atoms with Crippen LogP contribution in [0.2, 0.25) is 0 Å². The molecule has 0 unspecified atom stereocenters. The normalized spacial score (nSPS) is 12.3. The van der Waals surface area contributed by atoms with E-state index in [1.54, 1.807) is 48.7 Å². The van der Waals surface area contributed by atoms with Crippen molar-refractivity contribution in [2.75, 3.05) is 5.32 Å². The van der Waals surface area contributed by atoms with Gasteiger partial charge in [-0.1, -0.05) is 42.5 Å². The first-order chi connectivity index (χ1) is 16.8. The Morgan fingerprint density at radius 2 is 1.71 bits per heavy atom. The molecule has 35 heavy (non-hydrogen) atoms. The van der Waals surface area contributed by atoms with Gasteiger partial charge in [-0.25, -0.2) is 4.98 Å². The van der Waals surface area contributed by atoms with E-state index in [2.05, 4.69) is 52.2 Å². The van der Waals surface area contributed by atoms with E-state index in [1.165, 1.54) is 0 Å². The molecule has 1 aromatic heterocycles. The zero-order valence-corrected chi connectivity index (χ0v) is 20.8. The van der Waals surface area contributed by atoms with E-state index in [0.29, 0.717) is 11.3 Å². The second-order valence-electron chi connectivity index (χ2n) is 9.27. The number of aromatic nitrogens is 2. The molecule has 0 aliphatic rings. The highest BCUT2D eigenvalue weighted by molar-refractivity contribution is 7.97. The van der Waals surface area contributed by atoms with E-state index in [9.17, 15) is 9.59 Å². The lowest BCUT2D eigenvalue weighted by molar-refractivity contribution is -0.118. The highest BCUT2D eigenvalue weighted by Gasteiger charge is 2.23. The molecule has 4 aromatic rings. The van der Waals surface area contributed by atoms with E-state index in [1.807, 2.05) is 36.4 Å². The number of amides is 2. The number of hydrogen-bond acceptors (Lipinski definition) is 5. The number of rotatable bonds is 8. The van der Waals surface area contributed by atoms with E-state index in [4.69, 9.17) is 0 Å². The van der Waals surface area contributed by atoms with Crippen molar-refractivity contribution < 1.29 is 9.59 Å². The zero-order valence-electron chi connectivity index (χ0n) is 20.0. The summed E-state index contributed by atoms with van der Waals surface area (Å²) in [5.41, 5.74) is 1.89. The molecule has 180 valence electrons. The second-order valence-corrected chi connectivity index (χ2v) is 10.1. The number of benzene rings is 3. The molecule has 4 rings (SSSR count). The number of carbonyl (C=O) groups is 2. The lowest BCUT2D eigenvalue weighted by Crippen LogP contribution is -2.45. The number of hydrogen-bond donors (Lipinski definition) is 4. The monoisotopic (exact) mass is 487 g/mol. The second kappa shape index (κ2) is 10.8. The fourth-order valence-electron chi connectivity index (χ4n) is 3.56. The maximum absolute atomic E-state index is 13.4. The summed E-state index contributed by atoms with van der Waals surface area (Å²) in [4.78, 5) is 34.4. The summed E-state index contributed by atoms with van der Waals surface area (Å²) in [7, 11) is 0. The van der Waals surface area contributed by atoms with Crippen LogP contribution in [0.4, 0.5) is 5.69 Å². The first kappa shape index (κ1) is 24.5. The molecule has 7 nitrogen and oxygen atoms in total. The molecule has 0 saturated carbocycles. The molecule has 1 atom stereocenters. The molecule has 0 saturated heterocycles. The number of imidazole rings is 1. The average molecular weight is 488 g/mol. The quantitative estimate of drug-likeness (QED) is 0.264. The van der Waals surface area contributed by atoms with Gasteiger partial charge in [0.05, 0.1) is 6.33 Å². The van der Waals surface area contributed by atoms with Crippen molar-refractivity contribution in [3.05, 3.63) is 90.5 Å². The van der Waals surface area contributed by atoms with Crippen molar-refractivity contribution in [3.8, 4) is 0 Å². The van der Waals surface area contributed by atoms with E-state index < -0.39 is 6.04 Å². The van der Waals surface area contributed by atoms with Gasteiger partial charge in [-0.15, -0.1) is 0 Å². The average Bonchev–Trinajstić information content (AvgIpc) is 3.36. The number of nitrogens with one attached hydrogen (secondary N) is 4. The number of nitrogens with zero attached hydrogens (tertiary/aromatic N) is 1. The third-order valence-corrected chi connectivity index (χ3v) is 6.53. The van der Waals surface area contributed by atoms with Crippen LogP contribution < -0.4 is 15.4 Å². The maximum Gasteiger partial charge on any atom is 0.251 e. The van der Waals surface area contributed by atoms with Crippen LogP contribution in [0.5, 0.6) is 0 Å². The largest absolute Gasteiger partial charge is 0.348 e.